The molecule has 0 spiro atoms. The van der Waals surface area contributed by atoms with Crippen LogP contribution in [-0.2, 0) is 21.4 Å². The van der Waals surface area contributed by atoms with E-state index in [9.17, 15) is 13.2 Å². The van der Waals surface area contributed by atoms with Crippen LogP contribution in [0.25, 0.3) is 11.3 Å². The number of thioether (sulfide) groups is 1. The fraction of sp³-hybridized carbons (Fsp3) is 0.115. The average Bonchev–Trinajstić information content (AvgIpc) is 2.90. The van der Waals surface area contributed by atoms with E-state index in [1.807, 2.05) is 30.3 Å². The molecule has 1 aliphatic rings. The summed E-state index contributed by atoms with van der Waals surface area (Å²) in [6.07, 6.45) is 1.29. The van der Waals surface area contributed by atoms with E-state index in [0.717, 1.165) is 17.3 Å². The maximum absolute atomic E-state index is 13.6. The first-order valence-corrected chi connectivity index (χ1v) is 14.0. The predicted octanol–water partition coefficient (Wildman–Crippen LogP) is 5.25. The molecule has 1 aliphatic heterocycles. The SMILES string of the molecule is COc1cccc(NC(=O)CSc2ncc3c(n2)-c2cc(Cl)ccc2N(Cc2ccccc2)S3(=O)=O)c1. The van der Waals surface area contributed by atoms with Gasteiger partial charge in [-0.1, -0.05) is 59.8 Å². The van der Waals surface area contributed by atoms with Crippen LogP contribution < -0.4 is 14.4 Å². The van der Waals surface area contributed by atoms with Crippen molar-refractivity contribution in [2.24, 2.45) is 0 Å². The van der Waals surface area contributed by atoms with Crippen molar-refractivity contribution in [3.63, 3.8) is 0 Å². The number of nitrogens with zero attached hydrogens (tertiary/aromatic N) is 3. The Morgan fingerprint density at radius 2 is 1.89 bits per heavy atom. The minimum Gasteiger partial charge on any atom is -0.497 e. The van der Waals surface area contributed by atoms with Gasteiger partial charge < -0.3 is 10.1 Å². The second kappa shape index (κ2) is 10.4. The van der Waals surface area contributed by atoms with E-state index in [4.69, 9.17) is 16.3 Å². The molecule has 1 amide bonds. The Morgan fingerprint density at radius 3 is 2.68 bits per heavy atom. The van der Waals surface area contributed by atoms with Gasteiger partial charge in [0.25, 0.3) is 10.0 Å². The number of nitrogens with one attached hydrogen (secondary N) is 1. The number of methoxy groups -OCH3 is 1. The third-order valence-corrected chi connectivity index (χ3v) is 8.50. The monoisotopic (exact) mass is 552 g/mol. The van der Waals surface area contributed by atoms with Gasteiger partial charge in [-0.05, 0) is 35.9 Å². The number of aromatic nitrogens is 2. The number of anilines is 2. The average molecular weight is 553 g/mol. The molecule has 0 atom stereocenters. The predicted molar refractivity (Wildman–Crippen MR) is 145 cm³/mol. The van der Waals surface area contributed by atoms with Gasteiger partial charge in [0.1, 0.15) is 10.6 Å². The third-order valence-electron chi connectivity index (χ3n) is 5.64. The van der Waals surface area contributed by atoms with E-state index >= 15 is 0 Å². The Labute approximate surface area is 223 Å². The number of halogens is 1. The molecule has 1 aromatic heterocycles. The summed E-state index contributed by atoms with van der Waals surface area (Å²) in [6.45, 7) is 0.151. The number of ether oxygens (including phenoxy) is 1. The molecule has 4 aromatic rings. The van der Waals surface area contributed by atoms with Crippen LogP contribution in [0.2, 0.25) is 5.02 Å². The summed E-state index contributed by atoms with van der Waals surface area (Å²) < 4.78 is 33.8. The lowest BCUT2D eigenvalue weighted by Crippen LogP contribution is -2.34. The van der Waals surface area contributed by atoms with E-state index in [1.54, 1.807) is 49.6 Å². The molecule has 0 bridgehead atoms. The van der Waals surface area contributed by atoms with Gasteiger partial charge in [-0.15, -0.1) is 0 Å². The maximum atomic E-state index is 13.6. The van der Waals surface area contributed by atoms with Crippen LogP contribution in [0.15, 0.2) is 89.0 Å². The summed E-state index contributed by atoms with van der Waals surface area (Å²) in [5.74, 6) is 0.402. The Kier molecular flexibility index (Phi) is 7.05. The molecule has 37 heavy (non-hydrogen) atoms. The van der Waals surface area contributed by atoms with Gasteiger partial charge in [-0.3, -0.25) is 9.10 Å². The molecule has 0 aliphatic carbocycles. The van der Waals surface area contributed by atoms with Gasteiger partial charge in [0.2, 0.25) is 5.91 Å². The fourth-order valence-electron chi connectivity index (χ4n) is 3.92. The first kappa shape index (κ1) is 25.1. The van der Waals surface area contributed by atoms with Gasteiger partial charge in [0.15, 0.2) is 5.16 Å². The zero-order valence-corrected chi connectivity index (χ0v) is 22.0. The normalized spacial score (nSPS) is 13.4. The van der Waals surface area contributed by atoms with E-state index in [-0.39, 0.29) is 34.0 Å². The van der Waals surface area contributed by atoms with Gasteiger partial charge >= 0.3 is 0 Å². The highest BCUT2D eigenvalue weighted by molar-refractivity contribution is 7.99. The lowest BCUT2D eigenvalue weighted by Gasteiger charge is -2.31. The highest BCUT2D eigenvalue weighted by Gasteiger charge is 2.37. The van der Waals surface area contributed by atoms with Crippen LogP contribution in [0.4, 0.5) is 11.4 Å². The van der Waals surface area contributed by atoms with E-state index < -0.39 is 10.0 Å². The molecular weight excluding hydrogens is 532 g/mol. The molecule has 0 fully saturated rings. The molecule has 0 unspecified atom stereocenters. The largest absolute Gasteiger partial charge is 0.497 e. The number of hydrogen-bond acceptors (Lipinski definition) is 7. The van der Waals surface area contributed by atoms with E-state index in [1.165, 1.54) is 10.5 Å². The maximum Gasteiger partial charge on any atom is 0.268 e. The zero-order chi connectivity index (χ0) is 26.0. The topological polar surface area (TPSA) is 101 Å². The van der Waals surface area contributed by atoms with Crippen LogP contribution in [0, 0.1) is 0 Å². The standard InChI is InChI=1S/C26H21ClN4O4S2/c1-35-20-9-5-8-19(13-20)29-24(32)16-36-26-28-14-23-25(30-26)21-12-18(27)10-11-22(21)31(37(23,33)34)15-17-6-3-2-4-7-17/h2-14H,15-16H2,1H3,(H,29,32). The van der Waals surface area contributed by atoms with Gasteiger partial charge in [-0.25, -0.2) is 18.4 Å². The van der Waals surface area contributed by atoms with E-state index in [0.29, 0.717) is 27.7 Å². The number of sulfonamides is 1. The Hall–Kier alpha value is -3.60. The highest BCUT2D eigenvalue weighted by Crippen LogP contribution is 2.44. The summed E-state index contributed by atoms with van der Waals surface area (Å²) in [4.78, 5) is 21.2. The second-order valence-corrected chi connectivity index (χ2v) is 11.3. The molecule has 188 valence electrons. The van der Waals surface area contributed by atoms with Crippen molar-refractivity contribution >= 4 is 50.7 Å². The molecule has 11 heteroatoms. The van der Waals surface area contributed by atoms with Crippen molar-refractivity contribution in [1.82, 2.24) is 9.97 Å². The molecule has 5 rings (SSSR count). The minimum absolute atomic E-state index is 0.0108. The van der Waals surface area contributed by atoms with Crippen molar-refractivity contribution in [2.45, 2.75) is 16.6 Å². The molecule has 0 saturated carbocycles. The molecule has 3 aromatic carbocycles. The molecule has 2 heterocycles. The Bertz CT molecular complexity index is 1580. The van der Waals surface area contributed by atoms with Crippen molar-refractivity contribution in [3.8, 4) is 17.0 Å². The summed E-state index contributed by atoms with van der Waals surface area (Å²) in [5.41, 5.74) is 2.76. The summed E-state index contributed by atoms with van der Waals surface area (Å²) in [7, 11) is -2.39. The first-order valence-electron chi connectivity index (χ1n) is 11.2. The summed E-state index contributed by atoms with van der Waals surface area (Å²) in [5, 5.41) is 3.53. The lowest BCUT2D eigenvalue weighted by molar-refractivity contribution is -0.113. The fourth-order valence-corrected chi connectivity index (χ4v) is 6.26. The number of carbonyl (C=O) groups is 1. The van der Waals surface area contributed by atoms with Crippen LogP contribution >= 0.6 is 23.4 Å². The van der Waals surface area contributed by atoms with Crippen LogP contribution in [-0.4, -0.2) is 37.2 Å². The zero-order valence-electron chi connectivity index (χ0n) is 19.6. The van der Waals surface area contributed by atoms with Gasteiger partial charge in [0.05, 0.1) is 37.0 Å². The second-order valence-electron chi connectivity index (χ2n) is 8.09. The number of amides is 1. The summed E-state index contributed by atoms with van der Waals surface area (Å²) in [6, 6.07) is 21.4. The third kappa shape index (κ3) is 5.27. The van der Waals surface area contributed by atoms with Crippen molar-refractivity contribution in [2.75, 3.05) is 22.5 Å². The molecule has 0 radical (unpaired) electrons. The Morgan fingerprint density at radius 1 is 1.08 bits per heavy atom. The molecule has 1 N–H and O–H groups in total. The minimum atomic E-state index is -3.94. The first-order chi connectivity index (χ1) is 17.8. The molecule has 8 nitrogen and oxygen atoms in total. The summed E-state index contributed by atoms with van der Waals surface area (Å²) >= 11 is 7.39. The van der Waals surface area contributed by atoms with E-state index in [2.05, 4.69) is 15.3 Å². The van der Waals surface area contributed by atoms with Crippen LogP contribution in [0.3, 0.4) is 0 Å². The van der Waals surface area contributed by atoms with Crippen LogP contribution in [0.5, 0.6) is 5.75 Å². The van der Waals surface area contributed by atoms with Crippen molar-refractivity contribution in [3.05, 3.63) is 89.6 Å². The number of benzene rings is 3. The highest BCUT2D eigenvalue weighted by atomic mass is 35.5. The molecular formula is C26H21ClN4O4S2. The van der Waals surface area contributed by atoms with Crippen molar-refractivity contribution < 1.29 is 17.9 Å². The lowest BCUT2D eigenvalue weighted by atomic mass is 10.1. The number of carbonyl (C=O) groups excluding carboxylic acids is 1. The number of rotatable bonds is 7. The number of hydrogen-bond donors (Lipinski definition) is 1. The quantitative estimate of drug-likeness (QED) is 0.247. The van der Waals surface area contributed by atoms with Crippen molar-refractivity contribution in [1.29, 1.82) is 0 Å². The van der Waals surface area contributed by atoms with Crippen LogP contribution in [0.1, 0.15) is 5.56 Å². The van der Waals surface area contributed by atoms with Gasteiger partial charge in [-0.2, -0.15) is 0 Å². The smallest absolute Gasteiger partial charge is 0.268 e. The number of fused-ring (bicyclic) bond motifs is 3. The Balaban J connectivity index is 1.42. The molecule has 0 saturated heterocycles. The van der Waals surface area contributed by atoms with Gasteiger partial charge in [0, 0.05) is 22.3 Å².